The fourth-order valence-corrected chi connectivity index (χ4v) is 2.78. The zero-order valence-electron chi connectivity index (χ0n) is 14.9. The molecule has 1 aromatic rings. The summed E-state index contributed by atoms with van der Waals surface area (Å²) in [7, 11) is 0.140. The first-order valence-corrected chi connectivity index (χ1v) is 9.14. The highest BCUT2D eigenvalue weighted by Gasteiger charge is 2.28. The summed E-state index contributed by atoms with van der Waals surface area (Å²) in [6, 6.07) is 7.72. The van der Waals surface area contributed by atoms with Crippen LogP contribution in [0.25, 0.3) is 0 Å². The van der Waals surface area contributed by atoms with Crippen molar-refractivity contribution in [1.82, 2.24) is 10.6 Å². The number of nitrogens with one attached hydrogen (secondary N) is 2. The average molecular weight is 469 g/mol. The van der Waals surface area contributed by atoms with Crippen LogP contribution < -0.4 is 15.4 Å². The van der Waals surface area contributed by atoms with Crippen molar-refractivity contribution < 1.29 is 13.2 Å². The van der Waals surface area contributed by atoms with Gasteiger partial charge in [0.1, 0.15) is 5.75 Å². The number of ether oxygens (including phenoxy) is 1. The Kier molecular flexibility index (Phi) is 9.64. The Balaban J connectivity index is 0.00000529. The number of hydrogen-bond donors (Lipinski definition) is 2. The van der Waals surface area contributed by atoms with E-state index in [2.05, 4.69) is 15.6 Å². The molecular weight excluding hydrogens is 441 g/mol. The van der Waals surface area contributed by atoms with Crippen molar-refractivity contribution >= 4 is 39.8 Å². The molecule has 1 rings (SSSR count). The number of rotatable bonds is 6. The van der Waals surface area contributed by atoms with E-state index in [4.69, 9.17) is 4.74 Å². The monoisotopic (exact) mass is 469 g/mol. The lowest BCUT2D eigenvalue weighted by Crippen LogP contribution is -2.41. The fourth-order valence-electron chi connectivity index (χ4n) is 1.80. The Morgan fingerprint density at radius 2 is 1.92 bits per heavy atom. The van der Waals surface area contributed by atoms with E-state index in [1.807, 2.05) is 24.3 Å². The standard InChI is InChI=1S/C16H27N3O3S.HI/c1-16(2,3)23(20,21)10-9-18-15(17-4)19-12-13-7-6-8-14(11-13)22-5;/h6-8,11H,9-10,12H2,1-5H3,(H2,17,18,19);1H. The maximum atomic E-state index is 12.1. The van der Waals surface area contributed by atoms with Crippen molar-refractivity contribution in [3.63, 3.8) is 0 Å². The molecule has 0 amide bonds. The first-order valence-electron chi connectivity index (χ1n) is 7.49. The van der Waals surface area contributed by atoms with E-state index >= 15 is 0 Å². The zero-order chi connectivity index (χ0) is 17.5. The van der Waals surface area contributed by atoms with Crippen molar-refractivity contribution in [2.45, 2.75) is 32.1 Å². The number of hydrogen-bond acceptors (Lipinski definition) is 4. The highest BCUT2D eigenvalue weighted by atomic mass is 127. The van der Waals surface area contributed by atoms with E-state index in [1.54, 1.807) is 34.9 Å². The highest BCUT2D eigenvalue weighted by Crippen LogP contribution is 2.15. The highest BCUT2D eigenvalue weighted by molar-refractivity contribution is 14.0. The molecule has 0 aliphatic heterocycles. The summed E-state index contributed by atoms with van der Waals surface area (Å²) in [5.74, 6) is 1.43. The molecular formula is C16H28IN3O3S. The molecule has 0 radical (unpaired) electrons. The van der Waals surface area contributed by atoms with E-state index < -0.39 is 14.6 Å². The van der Waals surface area contributed by atoms with Gasteiger partial charge in [0.15, 0.2) is 15.8 Å². The van der Waals surface area contributed by atoms with Gasteiger partial charge >= 0.3 is 0 Å². The second-order valence-electron chi connectivity index (χ2n) is 6.14. The van der Waals surface area contributed by atoms with Crippen LogP contribution in [0.2, 0.25) is 0 Å². The molecule has 24 heavy (non-hydrogen) atoms. The Morgan fingerprint density at radius 1 is 1.25 bits per heavy atom. The Morgan fingerprint density at radius 3 is 2.46 bits per heavy atom. The number of nitrogens with zero attached hydrogens (tertiary/aromatic N) is 1. The van der Waals surface area contributed by atoms with Gasteiger partial charge in [-0.15, -0.1) is 24.0 Å². The van der Waals surface area contributed by atoms with Crippen LogP contribution in [0.3, 0.4) is 0 Å². The van der Waals surface area contributed by atoms with Gasteiger partial charge in [0.2, 0.25) is 0 Å². The van der Waals surface area contributed by atoms with E-state index in [0.29, 0.717) is 19.0 Å². The lowest BCUT2D eigenvalue weighted by molar-refractivity contribution is 0.414. The van der Waals surface area contributed by atoms with Crippen LogP contribution in [-0.2, 0) is 16.4 Å². The second-order valence-corrected chi connectivity index (χ2v) is 9.00. The van der Waals surface area contributed by atoms with E-state index in [-0.39, 0.29) is 29.7 Å². The quantitative estimate of drug-likeness (QED) is 0.380. The molecule has 2 N–H and O–H groups in total. The van der Waals surface area contributed by atoms with Gasteiger partial charge in [0.25, 0.3) is 0 Å². The molecule has 0 bridgehead atoms. The third-order valence-corrected chi connectivity index (χ3v) is 6.02. The van der Waals surface area contributed by atoms with Gasteiger partial charge in [0.05, 0.1) is 17.6 Å². The fraction of sp³-hybridized carbons (Fsp3) is 0.562. The van der Waals surface area contributed by atoms with Crippen molar-refractivity contribution in [3.8, 4) is 5.75 Å². The average Bonchev–Trinajstić information content (AvgIpc) is 2.49. The molecule has 0 saturated carbocycles. The SMILES string of the molecule is CN=C(NCCS(=O)(=O)C(C)(C)C)NCc1cccc(OC)c1.I. The van der Waals surface area contributed by atoms with Gasteiger partial charge in [-0.3, -0.25) is 4.99 Å². The smallest absolute Gasteiger partial charge is 0.191 e. The number of aliphatic imine (C=N–C) groups is 1. The lowest BCUT2D eigenvalue weighted by atomic mass is 10.2. The normalized spacial score (nSPS) is 12.3. The lowest BCUT2D eigenvalue weighted by Gasteiger charge is -2.19. The van der Waals surface area contributed by atoms with Gasteiger partial charge in [-0.25, -0.2) is 8.42 Å². The number of sulfone groups is 1. The van der Waals surface area contributed by atoms with Gasteiger partial charge in [0, 0.05) is 20.1 Å². The van der Waals surface area contributed by atoms with Crippen molar-refractivity contribution in [2.75, 3.05) is 26.5 Å². The van der Waals surface area contributed by atoms with Gasteiger partial charge in [-0.05, 0) is 38.5 Å². The maximum Gasteiger partial charge on any atom is 0.191 e. The van der Waals surface area contributed by atoms with Crippen molar-refractivity contribution in [3.05, 3.63) is 29.8 Å². The van der Waals surface area contributed by atoms with Crippen LogP contribution in [-0.4, -0.2) is 45.6 Å². The van der Waals surface area contributed by atoms with Crippen LogP contribution in [0.15, 0.2) is 29.3 Å². The second kappa shape index (κ2) is 10.1. The number of halogens is 1. The number of guanidine groups is 1. The minimum atomic E-state index is -3.14. The van der Waals surface area contributed by atoms with E-state index in [9.17, 15) is 8.42 Å². The first kappa shape index (κ1) is 23.0. The van der Waals surface area contributed by atoms with E-state index in [1.165, 1.54) is 0 Å². The van der Waals surface area contributed by atoms with E-state index in [0.717, 1.165) is 11.3 Å². The first-order chi connectivity index (χ1) is 10.7. The molecule has 0 heterocycles. The molecule has 0 saturated heterocycles. The summed E-state index contributed by atoms with van der Waals surface area (Å²) in [5.41, 5.74) is 1.05. The molecule has 0 aromatic heterocycles. The van der Waals surface area contributed by atoms with Gasteiger partial charge in [-0.1, -0.05) is 12.1 Å². The summed E-state index contributed by atoms with van der Waals surface area (Å²) in [6.45, 7) is 6.01. The van der Waals surface area contributed by atoms with Crippen LogP contribution >= 0.6 is 24.0 Å². The molecule has 138 valence electrons. The van der Waals surface area contributed by atoms with Crippen molar-refractivity contribution in [1.29, 1.82) is 0 Å². The van der Waals surface area contributed by atoms with Crippen molar-refractivity contribution in [2.24, 2.45) is 4.99 Å². The molecule has 1 aromatic carbocycles. The molecule has 8 heteroatoms. The summed E-state index contributed by atoms with van der Waals surface area (Å²) in [5, 5.41) is 6.18. The largest absolute Gasteiger partial charge is 0.497 e. The third kappa shape index (κ3) is 7.25. The third-order valence-electron chi connectivity index (χ3n) is 3.41. The van der Waals surface area contributed by atoms with Crippen LogP contribution in [0.4, 0.5) is 0 Å². The predicted molar refractivity (Wildman–Crippen MR) is 110 cm³/mol. The molecule has 0 aliphatic rings. The molecule has 0 unspecified atom stereocenters. The molecule has 0 spiro atoms. The van der Waals surface area contributed by atoms with Gasteiger partial charge in [-0.2, -0.15) is 0 Å². The Labute approximate surface area is 162 Å². The molecule has 0 aliphatic carbocycles. The molecule has 0 atom stereocenters. The maximum absolute atomic E-state index is 12.1. The molecule has 0 fully saturated rings. The van der Waals surface area contributed by atoms with Crippen LogP contribution in [0.5, 0.6) is 5.75 Å². The minimum absolute atomic E-state index is 0. The Bertz CT molecular complexity index is 640. The summed E-state index contributed by atoms with van der Waals surface area (Å²) < 4.78 is 28.6. The number of methoxy groups -OCH3 is 1. The summed E-state index contributed by atoms with van der Waals surface area (Å²) >= 11 is 0. The van der Waals surface area contributed by atoms with Gasteiger partial charge < -0.3 is 15.4 Å². The van der Waals surface area contributed by atoms with Crippen LogP contribution in [0.1, 0.15) is 26.3 Å². The zero-order valence-corrected chi connectivity index (χ0v) is 18.1. The topological polar surface area (TPSA) is 79.8 Å². The predicted octanol–water partition coefficient (Wildman–Crippen LogP) is 2.19. The van der Waals surface area contributed by atoms with Crippen LogP contribution in [0, 0.1) is 0 Å². The number of benzene rings is 1. The molecule has 6 nitrogen and oxygen atoms in total. The summed E-state index contributed by atoms with van der Waals surface area (Å²) in [4.78, 5) is 4.10. The summed E-state index contributed by atoms with van der Waals surface area (Å²) in [6.07, 6.45) is 0. The minimum Gasteiger partial charge on any atom is -0.497 e. The Hall–Kier alpha value is -1.03.